The number of carbonyl (C=O) groups excluding carboxylic acids is 2. The molecule has 0 bridgehead atoms. The van der Waals surface area contributed by atoms with E-state index in [0.717, 1.165) is 24.2 Å². The SMILES string of the molecule is [2H]C([2H])([2H])c1c(O)cccc1C(=O)N[C@@H](CSc1ccccc1)[C@H](O)CN1C[C@H]2CCCC[C@H]2C[C@H]1C(=O)NC(C)(C)C. The number of hydrogen-bond donors (Lipinski definition) is 4. The zero-order valence-electron chi connectivity index (χ0n) is 26.7. The lowest BCUT2D eigenvalue weighted by Crippen LogP contribution is -2.60. The summed E-state index contributed by atoms with van der Waals surface area (Å²) in [5.74, 6) is 0.0354. The Bertz CT molecular complexity index is 1250. The maximum atomic E-state index is 13.5. The third kappa shape index (κ3) is 8.02. The summed E-state index contributed by atoms with van der Waals surface area (Å²) in [6, 6.07) is 12.5. The number of benzene rings is 2. The van der Waals surface area contributed by atoms with Gasteiger partial charge in [-0.15, -0.1) is 11.8 Å². The molecule has 2 aromatic rings. The standard InChI is InChI=1S/C32H45N3O4S/c1-21-25(15-10-16-28(21)36)30(38)33-26(20-40-24-13-6-5-7-14-24)29(37)19-35-18-23-12-9-8-11-22(23)17-27(35)31(39)34-32(2,3)4/h5-7,10,13-16,22-23,26-27,29,36-37H,8-9,11-12,17-20H2,1-4H3,(H,33,38)(H,34,39)/t22-,23+,26-,27-,29+/m0/s1/i1D3. The van der Waals surface area contributed by atoms with Crippen LogP contribution in [-0.4, -0.2) is 69.5 Å². The molecule has 1 heterocycles. The third-order valence-corrected chi connectivity index (χ3v) is 9.10. The monoisotopic (exact) mass is 570 g/mol. The summed E-state index contributed by atoms with van der Waals surface area (Å²) in [6.45, 7) is 4.04. The molecule has 4 N–H and O–H groups in total. The summed E-state index contributed by atoms with van der Waals surface area (Å²) >= 11 is 1.47. The van der Waals surface area contributed by atoms with E-state index in [4.69, 9.17) is 4.11 Å². The number of likely N-dealkylation sites (tertiary alicyclic amines) is 1. The smallest absolute Gasteiger partial charge is 0.252 e. The zero-order valence-corrected chi connectivity index (χ0v) is 24.5. The molecule has 0 radical (unpaired) electrons. The molecule has 1 saturated carbocycles. The van der Waals surface area contributed by atoms with E-state index in [0.29, 0.717) is 24.1 Å². The first-order valence-electron chi connectivity index (χ1n) is 15.8. The van der Waals surface area contributed by atoms with Crippen LogP contribution in [0.25, 0.3) is 0 Å². The predicted octanol–water partition coefficient (Wildman–Crippen LogP) is 4.75. The van der Waals surface area contributed by atoms with Gasteiger partial charge in [-0.25, -0.2) is 0 Å². The van der Waals surface area contributed by atoms with Crippen molar-refractivity contribution >= 4 is 23.6 Å². The van der Waals surface area contributed by atoms with Crippen LogP contribution in [0.4, 0.5) is 0 Å². The summed E-state index contributed by atoms with van der Waals surface area (Å²) in [7, 11) is 0. The lowest BCUT2D eigenvalue weighted by Gasteiger charge is -2.47. The van der Waals surface area contributed by atoms with Gasteiger partial charge in [-0.05, 0) is 76.6 Å². The molecule has 0 spiro atoms. The second kappa shape index (κ2) is 13.4. The van der Waals surface area contributed by atoms with E-state index in [1.54, 1.807) is 0 Å². The van der Waals surface area contributed by atoms with Gasteiger partial charge in [0, 0.05) is 44.5 Å². The highest BCUT2D eigenvalue weighted by Gasteiger charge is 2.41. The molecular weight excluding hydrogens is 522 g/mol. The van der Waals surface area contributed by atoms with Crippen LogP contribution in [0.5, 0.6) is 5.75 Å². The number of hydrogen-bond acceptors (Lipinski definition) is 6. The molecule has 2 aliphatic rings. The van der Waals surface area contributed by atoms with Gasteiger partial charge in [0.05, 0.1) is 18.2 Å². The van der Waals surface area contributed by atoms with Crippen molar-refractivity contribution < 1.29 is 23.9 Å². The average Bonchev–Trinajstić information content (AvgIpc) is 2.93. The van der Waals surface area contributed by atoms with Gasteiger partial charge in [0.15, 0.2) is 0 Å². The second-order valence-electron chi connectivity index (χ2n) is 12.2. The van der Waals surface area contributed by atoms with Crippen LogP contribution in [0.2, 0.25) is 0 Å². The van der Waals surface area contributed by atoms with Crippen molar-refractivity contribution in [3.05, 3.63) is 59.7 Å². The third-order valence-electron chi connectivity index (χ3n) is 7.97. The quantitative estimate of drug-likeness (QED) is 0.325. The summed E-state index contributed by atoms with van der Waals surface area (Å²) in [6.07, 6.45) is 4.25. The Hall–Kier alpha value is -2.55. The average molecular weight is 571 g/mol. The van der Waals surface area contributed by atoms with E-state index < -0.39 is 41.8 Å². The van der Waals surface area contributed by atoms with Crippen molar-refractivity contribution in [2.75, 3.05) is 18.8 Å². The molecule has 5 atom stereocenters. The van der Waals surface area contributed by atoms with Crippen LogP contribution in [0.15, 0.2) is 53.4 Å². The lowest BCUT2D eigenvalue weighted by atomic mass is 9.72. The first-order valence-corrected chi connectivity index (χ1v) is 15.3. The Balaban J connectivity index is 1.58. The van der Waals surface area contributed by atoms with Gasteiger partial charge in [-0.1, -0.05) is 43.5 Å². The fraction of sp³-hybridized carbons (Fsp3) is 0.562. The topological polar surface area (TPSA) is 102 Å². The number of thioether (sulfide) groups is 1. The Morgan fingerprint density at radius 3 is 2.52 bits per heavy atom. The van der Waals surface area contributed by atoms with Crippen molar-refractivity contribution in [1.82, 2.24) is 15.5 Å². The molecule has 2 fully saturated rings. The normalized spacial score (nSPS) is 24.5. The molecule has 0 unspecified atom stereocenters. The number of aliphatic hydroxyl groups excluding tert-OH is 1. The second-order valence-corrected chi connectivity index (χ2v) is 13.3. The van der Waals surface area contributed by atoms with Crippen LogP contribution in [-0.2, 0) is 4.79 Å². The molecule has 4 rings (SSSR count). The van der Waals surface area contributed by atoms with Crippen molar-refractivity contribution in [2.45, 2.75) is 88.3 Å². The highest BCUT2D eigenvalue weighted by Crippen LogP contribution is 2.39. The number of nitrogens with one attached hydrogen (secondary N) is 2. The summed E-state index contributed by atoms with van der Waals surface area (Å²) in [4.78, 5) is 30.1. The summed E-state index contributed by atoms with van der Waals surface area (Å²) < 4.78 is 23.6. The van der Waals surface area contributed by atoms with Crippen molar-refractivity contribution in [1.29, 1.82) is 0 Å². The molecule has 1 aliphatic heterocycles. The minimum atomic E-state index is -2.71. The zero-order chi connectivity index (χ0) is 31.4. The summed E-state index contributed by atoms with van der Waals surface area (Å²) in [5.41, 5.74) is -0.975. The van der Waals surface area contributed by atoms with Gasteiger partial charge in [0.1, 0.15) is 5.75 Å². The predicted molar refractivity (Wildman–Crippen MR) is 161 cm³/mol. The van der Waals surface area contributed by atoms with E-state index >= 15 is 0 Å². The van der Waals surface area contributed by atoms with Crippen LogP contribution in [0.1, 0.15) is 72.9 Å². The molecule has 1 aliphatic carbocycles. The number of β-amino-alcohol motifs (C(OH)–C–C–N with tert-alkyl or cyclic N) is 1. The number of amides is 2. The van der Waals surface area contributed by atoms with E-state index in [9.17, 15) is 19.8 Å². The van der Waals surface area contributed by atoms with Gasteiger partial charge in [-0.2, -0.15) is 0 Å². The largest absolute Gasteiger partial charge is 0.508 e. The van der Waals surface area contributed by atoms with Gasteiger partial charge in [0.2, 0.25) is 5.91 Å². The number of nitrogens with zero attached hydrogens (tertiary/aromatic N) is 1. The van der Waals surface area contributed by atoms with Gasteiger partial charge in [0.25, 0.3) is 5.91 Å². The molecule has 218 valence electrons. The highest BCUT2D eigenvalue weighted by molar-refractivity contribution is 7.99. The number of aliphatic hydroxyl groups is 1. The molecule has 2 amide bonds. The fourth-order valence-electron chi connectivity index (χ4n) is 5.92. The first-order chi connectivity index (χ1) is 20.2. The molecule has 1 saturated heterocycles. The highest BCUT2D eigenvalue weighted by atomic mass is 32.2. The number of rotatable bonds is 9. The minimum Gasteiger partial charge on any atom is -0.508 e. The van der Waals surface area contributed by atoms with Gasteiger partial charge >= 0.3 is 0 Å². The maximum Gasteiger partial charge on any atom is 0.252 e. The Morgan fingerprint density at radius 1 is 1.10 bits per heavy atom. The Labute approximate surface area is 247 Å². The molecule has 0 aromatic heterocycles. The Morgan fingerprint density at radius 2 is 1.82 bits per heavy atom. The number of piperidine rings is 1. The van der Waals surface area contributed by atoms with E-state index in [1.807, 2.05) is 51.1 Å². The van der Waals surface area contributed by atoms with Crippen LogP contribution in [0, 0.1) is 18.7 Å². The molecule has 40 heavy (non-hydrogen) atoms. The van der Waals surface area contributed by atoms with E-state index in [2.05, 4.69) is 15.5 Å². The van der Waals surface area contributed by atoms with Gasteiger partial charge < -0.3 is 20.8 Å². The lowest BCUT2D eigenvalue weighted by molar-refractivity contribution is -0.132. The number of phenols is 1. The van der Waals surface area contributed by atoms with Gasteiger partial charge in [-0.3, -0.25) is 14.5 Å². The van der Waals surface area contributed by atoms with Crippen molar-refractivity contribution in [2.24, 2.45) is 11.8 Å². The number of fused-ring (bicyclic) bond motifs is 1. The maximum absolute atomic E-state index is 13.5. The van der Waals surface area contributed by atoms with Crippen LogP contribution in [0.3, 0.4) is 0 Å². The number of phenolic OH excluding ortho intramolecular Hbond substituents is 1. The Kier molecular flexibility index (Phi) is 8.83. The van der Waals surface area contributed by atoms with Crippen LogP contribution < -0.4 is 10.6 Å². The molecular formula is C32H45N3O4S. The fourth-order valence-corrected chi connectivity index (χ4v) is 6.95. The molecule has 7 nitrogen and oxygen atoms in total. The van der Waals surface area contributed by atoms with Crippen molar-refractivity contribution in [3.8, 4) is 5.75 Å². The minimum absolute atomic E-state index is 0.0509. The first kappa shape index (κ1) is 26.4. The number of aromatic hydroxyl groups is 1. The van der Waals surface area contributed by atoms with Crippen LogP contribution >= 0.6 is 11.8 Å². The van der Waals surface area contributed by atoms with E-state index in [1.165, 1.54) is 42.8 Å². The number of carbonyl (C=O) groups is 2. The molecule has 2 aromatic carbocycles. The summed E-state index contributed by atoms with van der Waals surface area (Å²) in [5, 5.41) is 28.0. The van der Waals surface area contributed by atoms with Crippen molar-refractivity contribution in [3.63, 3.8) is 0 Å². The molecule has 8 heteroatoms. The van der Waals surface area contributed by atoms with E-state index in [-0.39, 0.29) is 24.1 Å².